The van der Waals surface area contributed by atoms with Crippen LogP contribution in [0.5, 0.6) is 17.2 Å². The van der Waals surface area contributed by atoms with Crippen LogP contribution in [0.2, 0.25) is 0 Å². The number of benzene rings is 2. The molecule has 1 aromatic heterocycles. The van der Waals surface area contributed by atoms with Gasteiger partial charge < -0.3 is 14.2 Å². The van der Waals surface area contributed by atoms with Gasteiger partial charge in [-0.15, -0.1) is 11.3 Å². The minimum Gasteiger partial charge on any atom is -0.497 e. The van der Waals surface area contributed by atoms with Crippen molar-refractivity contribution in [2.24, 2.45) is 0 Å². The van der Waals surface area contributed by atoms with E-state index in [9.17, 15) is 4.39 Å². The lowest BCUT2D eigenvalue weighted by Gasteiger charge is -2.25. The summed E-state index contributed by atoms with van der Waals surface area (Å²) in [6, 6.07) is 12.3. The molecule has 0 N–H and O–H groups in total. The van der Waals surface area contributed by atoms with Gasteiger partial charge in [0.1, 0.15) is 34.7 Å². The van der Waals surface area contributed by atoms with Crippen LogP contribution in [0.1, 0.15) is 35.1 Å². The first kappa shape index (κ1) is 20.6. The molecule has 1 fully saturated rings. The lowest BCUT2D eigenvalue weighted by molar-refractivity contribution is 0.239. The van der Waals surface area contributed by atoms with Crippen LogP contribution in [0.4, 0.5) is 4.39 Å². The van der Waals surface area contributed by atoms with E-state index in [1.54, 1.807) is 37.7 Å². The van der Waals surface area contributed by atoms with Crippen molar-refractivity contribution in [1.29, 1.82) is 0 Å². The van der Waals surface area contributed by atoms with Crippen LogP contribution < -0.4 is 14.2 Å². The van der Waals surface area contributed by atoms with Gasteiger partial charge in [-0.05, 0) is 61.9 Å². The van der Waals surface area contributed by atoms with Gasteiger partial charge in [0.25, 0.3) is 0 Å². The van der Waals surface area contributed by atoms with E-state index in [1.165, 1.54) is 12.1 Å². The fraction of sp³-hybridized carbons (Fsp3) is 0.348. The molecule has 2 heterocycles. The molecule has 0 amide bonds. The Balaban J connectivity index is 1.42. The number of rotatable bonds is 8. The zero-order valence-electron chi connectivity index (χ0n) is 17.1. The SMILES string of the molecule is COc1ccc(OC)c(C2CCCN2Cc2csc(COc3ccc(F)cc3)n2)c1. The molecule has 158 valence electrons. The summed E-state index contributed by atoms with van der Waals surface area (Å²) >= 11 is 1.58. The summed E-state index contributed by atoms with van der Waals surface area (Å²) in [5.41, 5.74) is 2.19. The molecule has 30 heavy (non-hydrogen) atoms. The Kier molecular flexibility index (Phi) is 6.50. The van der Waals surface area contributed by atoms with Crippen molar-refractivity contribution >= 4 is 11.3 Å². The summed E-state index contributed by atoms with van der Waals surface area (Å²) in [4.78, 5) is 7.17. The van der Waals surface area contributed by atoms with Gasteiger partial charge in [0.05, 0.1) is 19.9 Å². The molecule has 1 atom stereocenters. The third-order valence-corrected chi connectivity index (χ3v) is 6.17. The van der Waals surface area contributed by atoms with Gasteiger partial charge in [0, 0.05) is 23.5 Å². The summed E-state index contributed by atoms with van der Waals surface area (Å²) in [5, 5.41) is 2.99. The number of ether oxygens (including phenoxy) is 3. The van der Waals surface area contributed by atoms with E-state index >= 15 is 0 Å². The fourth-order valence-electron chi connectivity index (χ4n) is 3.84. The normalized spacial score (nSPS) is 16.6. The Morgan fingerprint density at radius 2 is 1.90 bits per heavy atom. The second kappa shape index (κ2) is 9.45. The third-order valence-electron chi connectivity index (χ3n) is 5.30. The molecule has 2 aromatic carbocycles. The molecule has 0 bridgehead atoms. The van der Waals surface area contributed by atoms with Crippen LogP contribution in [0, 0.1) is 5.82 Å². The van der Waals surface area contributed by atoms with E-state index in [1.807, 2.05) is 12.1 Å². The Bertz CT molecular complexity index is 977. The number of likely N-dealkylation sites (tertiary alicyclic amines) is 1. The number of hydrogen-bond donors (Lipinski definition) is 0. The minimum absolute atomic E-state index is 0.272. The minimum atomic E-state index is -0.272. The highest BCUT2D eigenvalue weighted by molar-refractivity contribution is 7.09. The topological polar surface area (TPSA) is 43.8 Å². The lowest BCUT2D eigenvalue weighted by atomic mass is 10.0. The molecular formula is C23H25FN2O3S. The first-order chi connectivity index (χ1) is 14.7. The first-order valence-corrected chi connectivity index (χ1v) is 10.8. The van der Waals surface area contributed by atoms with Crippen molar-refractivity contribution in [3.05, 3.63) is 69.9 Å². The average molecular weight is 429 g/mol. The average Bonchev–Trinajstić information content (AvgIpc) is 3.42. The van der Waals surface area contributed by atoms with E-state index in [4.69, 9.17) is 19.2 Å². The smallest absolute Gasteiger partial charge is 0.140 e. The van der Waals surface area contributed by atoms with Crippen LogP contribution in [-0.4, -0.2) is 30.6 Å². The van der Waals surface area contributed by atoms with Crippen LogP contribution in [0.15, 0.2) is 47.8 Å². The Morgan fingerprint density at radius 1 is 1.10 bits per heavy atom. The van der Waals surface area contributed by atoms with E-state index < -0.39 is 0 Å². The Hall–Kier alpha value is -2.64. The molecular weight excluding hydrogens is 403 g/mol. The monoisotopic (exact) mass is 428 g/mol. The molecule has 0 saturated carbocycles. The molecule has 4 rings (SSSR count). The molecule has 7 heteroatoms. The molecule has 0 radical (unpaired) electrons. The van der Waals surface area contributed by atoms with Gasteiger partial charge in [-0.3, -0.25) is 4.90 Å². The maximum absolute atomic E-state index is 13.0. The van der Waals surface area contributed by atoms with Crippen LogP contribution in [-0.2, 0) is 13.2 Å². The molecule has 0 aliphatic carbocycles. The number of hydrogen-bond acceptors (Lipinski definition) is 6. The maximum atomic E-state index is 13.0. The first-order valence-electron chi connectivity index (χ1n) is 9.94. The molecule has 1 unspecified atom stereocenters. The van der Waals surface area contributed by atoms with Crippen LogP contribution in [0.25, 0.3) is 0 Å². The van der Waals surface area contributed by atoms with Crippen molar-refractivity contribution in [3.63, 3.8) is 0 Å². The highest BCUT2D eigenvalue weighted by Gasteiger charge is 2.29. The van der Waals surface area contributed by atoms with E-state index in [0.29, 0.717) is 12.4 Å². The predicted molar refractivity (Wildman–Crippen MR) is 115 cm³/mol. The third kappa shape index (κ3) is 4.74. The zero-order chi connectivity index (χ0) is 20.9. The lowest BCUT2D eigenvalue weighted by Crippen LogP contribution is -2.23. The highest BCUT2D eigenvalue weighted by Crippen LogP contribution is 2.39. The summed E-state index contributed by atoms with van der Waals surface area (Å²) in [6.45, 7) is 2.17. The van der Waals surface area contributed by atoms with Gasteiger partial charge in [-0.2, -0.15) is 0 Å². The van der Waals surface area contributed by atoms with Gasteiger partial charge in [-0.1, -0.05) is 0 Å². The summed E-state index contributed by atoms with van der Waals surface area (Å²) in [5.74, 6) is 2.09. The van der Waals surface area contributed by atoms with Crippen molar-refractivity contribution in [1.82, 2.24) is 9.88 Å². The molecule has 1 saturated heterocycles. The van der Waals surface area contributed by atoms with Gasteiger partial charge >= 0.3 is 0 Å². The summed E-state index contributed by atoms with van der Waals surface area (Å²) in [7, 11) is 3.39. The molecule has 0 spiro atoms. The molecule has 5 nitrogen and oxygen atoms in total. The second-order valence-corrected chi connectivity index (χ2v) is 8.15. The summed E-state index contributed by atoms with van der Waals surface area (Å²) < 4.78 is 29.7. The number of nitrogens with zero attached hydrogens (tertiary/aromatic N) is 2. The van der Waals surface area contributed by atoms with Crippen LogP contribution >= 0.6 is 11.3 Å². The molecule has 1 aliphatic rings. The maximum Gasteiger partial charge on any atom is 0.140 e. The number of aromatic nitrogens is 1. The Labute approximate surface area is 180 Å². The largest absolute Gasteiger partial charge is 0.497 e. The zero-order valence-corrected chi connectivity index (χ0v) is 18.0. The second-order valence-electron chi connectivity index (χ2n) is 7.21. The van der Waals surface area contributed by atoms with Gasteiger partial charge in [0.2, 0.25) is 0 Å². The van der Waals surface area contributed by atoms with E-state index in [-0.39, 0.29) is 11.9 Å². The number of halogens is 1. The quantitative estimate of drug-likeness (QED) is 0.492. The highest BCUT2D eigenvalue weighted by atomic mass is 32.1. The molecule has 1 aliphatic heterocycles. The van der Waals surface area contributed by atoms with E-state index in [0.717, 1.165) is 53.7 Å². The van der Waals surface area contributed by atoms with Crippen molar-refractivity contribution in [2.75, 3.05) is 20.8 Å². The number of thiazole rings is 1. The molecule has 3 aromatic rings. The van der Waals surface area contributed by atoms with Crippen molar-refractivity contribution < 1.29 is 18.6 Å². The fourth-order valence-corrected chi connectivity index (χ4v) is 4.54. The number of methoxy groups -OCH3 is 2. The predicted octanol–water partition coefficient (Wildman–Crippen LogP) is 5.22. The van der Waals surface area contributed by atoms with Crippen LogP contribution in [0.3, 0.4) is 0 Å². The van der Waals surface area contributed by atoms with Gasteiger partial charge in [-0.25, -0.2) is 9.37 Å². The van der Waals surface area contributed by atoms with Gasteiger partial charge in [0.15, 0.2) is 0 Å². The van der Waals surface area contributed by atoms with Crippen molar-refractivity contribution in [3.8, 4) is 17.2 Å². The standard InChI is InChI=1S/C23H25FN2O3S/c1-27-19-9-10-22(28-2)20(12-19)21-4-3-11-26(21)13-17-15-30-23(25-17)14-29-18-7-5-16(24)6-8-18/h5-10,12,15,21H,3-4,11,13-14H2,1-2H3. The van der Waals surface area contributed by atoms with Crippen molar-refractivity contribution in [2.45, 2.75) is 32.0 Å². The Morgan fingerprint density at radius 3 is 2.67 bits per heavy atom. The summed E-state index contributed by atoms with van der Waals surface area (Å²) in [6.07, 6.45) is 2.21. The van der Waals surface area contributed by atoms with E-state index in [2.05, 4.69) is 16.3 Å².